The summed E-state index contributed by atoms with van der Waals surface area (Å²) >= 11 is 0. The lowest BCUT2D eigenvalue weighted by atomic mass is 9.83. The summed E-state index contributed by atoms with van der Waals surface area (Å²) in [6.45, 7) is 17.9. The van der Waals surface area contributed by atoms with Crippen molar-refractivity contribution in [3.8, 4) is 44.5 Å². The van der Waals surface area contributed by atoms with Crippen LogP contribution in [0.1, 0.15) is 109 Å². The predicted molar refractivity (Wildman–Crippen MR) is 578 cm³/mol. The molecule has 4 atom stereocenters. The molecule has 0 spiro atoms. The van der Waals surface area contributed by atoms with Crippen molar-refractivity contribution in [3.05, 3.63) is 443 Å². The topological polar surface area (TPSA) is 68.3 Å². The lowest BCUT2D eigenvalue weighted by Crippen LogP contribution is -2.63. The first-order valence-corrected chi connectivity index (χ1v) is 49.5. The van der Waals surface area contributed by atoms with E-state index in [1.54, 1.807) is 0 Å². The molecule has 10 nitrogen and oxygen atoms in total. The number of para-hydroxylation sites is 8. The van der Waals surface area contributed by atoms with E-state index in [1.165, 1.54) is 100 Å². The SMILES string of the molecule is C.C.C.C.CO[Si]1(OC)c2cc(-c3c(C)cc(N(c4ccccc4)c4ccccc4)cc3C)ccc2C2=C(c3ccc(-c4c(C)cc(N(c5ccccc5)c5ccccc5)cc4C)cc31)C1C=CC2O1.CO[Si]1(OC)c2cc(-c3c(C)cc(N(c4ccccc4)c4ccccc4)cc3C)ccc2C2=C(c3ccc(-c4c(C)cc(N(c5ccccc5)c5ccccc5)cc4C)cc31)C1CCC2O1. The van der Waals surface area contributed by atoms with Crippen LogP contribution in [0.25, 0.3) is 66.8 Å². The highest BCUT2D eigenvalue weighted by Gasteiger charge is 2.55. The molecule has 22 rings (SSSR count). The molecule has 0 saturated carbocycles. The Morgan fingerprint density at radius 1 is 0.221 bits per heavy atom. The van der Waals surface area contributed by atoms with Gasteiger partial charge in [0.25, 0.3) is 0 Å². The van der Waals surface area contributed by atoms with Gasteiger partial charge in [0.1, 0.15) is 12.2 Å². The molecule has 16 aromatic carbocycles. The van der Waals surface area contributed by atoms with Crippen LogP contribution < -0.4 is 40.3 Å². The third-order valence-corrected chi connectivity index (χ3v) is 34.5. The normalized spacial score (nSPS) is 16.0. The maximum absolute atomic E-state index is 6.95. The highest BCUT2D eigenvalue weighted by Crippen LogP contribution is 2.54. The second-order valence-electron chi connectivity index (χ2n) is 35.6. The van der Waals surface area contributed by atoms with E-state index in [9.17, 15) is 0 Å². The quantitative estimate of drug-likeness (QED) is 0.0544. The first kappa shape index (κ1) is 93.9. The number of rotatable bonds is 20. The molecule has 0 aliphatic carbocycles. The smallest absolute Gasteiger partial charge is 0.391 e. The van der Waals surface area contributed by atoms with Gasteiger partial charge in [-0.15, -0.1) is 0 Å². The minimum Gasteiger partial charge on any atom is -0.391 e. The Bertz CT molecular complexity index is 6140. The Morgan fingerprint density at radius 3 is 0.588 bits per heavy atom. The monoisotopic (exact) mass is 1820 g/mol. The summed E-state index contributed by atoms with van der Waals surface area (Å²) in [5, 5.41) is 4.46. The number of hydrogen-bond acceptors (Lipinski definition) is 10. The average Bonchev–Trinajstić information content (AvgIpc) is 1.54. The Labute approximate surface area is 807 Å². The number of fused-ring (bicyclic) bond motifs is 16. The minimum absolute atomic E-state index is 0. The van der Waals surface area contributed by atoms with Crippen molar-refractivity contribution in [1.29, 1.82) is 0 Å². The Balaban J connectivity index is 0.000000183. The molecule has 4 unspecified atom stereocenters. The number of aryl methyl sites for hydroxylation is 8. The van der Waals surface area contributed by atoms with Crippen molar-refractivity contribution in [2.24, 2.45) is 0 Å². The van der Waals surface area contributed by atoms with Crippen molar-refractivity contribution in [3.63, 3.8) is 0 Å². The number of benzene rings is 16. The first-order chi connectivity index (χ1) is 64.5. The van der Waals surface area contributed by atoms with E-state index in [1.807, 2.05) is 28.4 Å². The van der Waals surface area contributed by atoms with Crippen LogP contribution >= 0.6 is 0 Å². The fourth-order valence-electron chi connectivity index (χ4n) is 22.4. The van der Waals surface area contributed by atoms with Crippen LogP contribution in [0.5, 0.6) is 0 Å². The molecular weight excluding hydrogens is 1700 g/mol. The standard InChI is InChI=1S/C60H54N2O3Si.C60H52N2O3Si.4CH4/c2*1-39-33-49(61(45-19-11-7-12-20-45)46-21-13-8-14-22-46)34-40(2)57(39)43-27-29-51-55(37-43)66(63-5,64-6)56-38-44(28-30-52(56)60-54-32-31-53(65-54)59(51)60)58-41(3)35-50(36-42(58)4)62(47-23-15-9-16-24-47)48-25-17-10-18-26-48;;;;/h7-30,33-38,53-54H,31-32H2,1-6H3;7-38,53-54H,1-6H3;4*1H4. The van der Waals surface area contributed by atoms with E-state index in [0.29, 0.717) is 0 Å². The Morgan fingerprint density at radius 2 is 0.404 bits per heavy atom. The van der Waals surface area contributed by atoms with E-state index >= 15 is 0 Å². The lowest BCUT2D eigenvalue weighted by molar-refractivity contribution is 0.128. The molecule has 0 aromatic heterocycles. The minimum atomic E-state index is -3.39. The lowest BCUT2D eigenvalue weighted by Gasteiger charge is -2.32. The number of nitrogens with zero attached hydrogens (tertiary/aromatic N) is 4. The highest BCUT2D eigenvalue weighted by molar-refractivity contribution is 6.94. The molecule has 136 heavy (non-hydrogen) atoms. The fourth-order valence-corrected chi connectivity index (χ4v) is 28.7. The summed E-state index contributed by atoms with van der Waals surface area (Å²) in [4.78, 5) is 9.34. The van der Waals surface area contributed by atoms with Crippen LogP contribution in [-0.4, -0.2) is 70.0 Å². The zero-order valence-corrected chi connectivity index (χ0v) is 78.8. The summed E-state index contributed by atoms with van der Waals surface area (Å²) in [6, 6.07) is 131. The molecule has 16 aromatic rings. The largest absolute Gasteiger partial charge is 0.407 e. The van der Waals surface area contributed by atoms with Gasteiger partial charge < -0.3 is 46.8 Å². The van der Waals surface area contributed by atoms with Gasteiger partial charge in [-0.3, -0.25) is 0 Å². The first-order valence-electron chi connectivity index (χ1n) is 45.9. The van der Waals surface area contributed by atoms with Gasteiger partial charge in [0, 0.05) is 117 Å². The van der Waals surface area contributed by atoms with Crippen LogP contribution in [0, 0.1) is 55.4 Å². The van der Waals surface area contributed by atoms with E-state index in [0.717, 1.165) is 135 Å². The average molecular weight is 1820 g/mol. The second-order valence-corrected chi connectivity index (χ2v) is 41.9. The van der Waals surface area contributed by atoms with Crippen molar-refractivity contribution < 1.29 is 27.2 Å². The van der Waals surface area contributed by atoms with Crippen molar-refractivity contribution in [2.75, 3.05) is 48.0 Å². The second kappa shape index (κ2) is 38.8. The molecular formula is C124H122N4O6Si2. The molecule has 682 valence electrons. The summed E-state index contributed by atoms with van der Waals surface area (Å²) in [7, 11) is 0.616. The van der Waals surface area contributed by atoms with Crippen LogP contribution in [0.15, 0.2) is 376 Å². The van der Waals surface area contributed by atoms with Gasteiger partial charge in [-0.25, -0.2) is 0 Å². The van der Waals surface area contributed by atoms with Crippen molar-refractivity contribution in [1.82, 2.24) is 0 Å². The molecule has 12 heteroatoms. The van der Waals surface area contributed by atoms with Crippen LogP contribution in [0.2, 0.25) is 0 Å². The number of hydrogen-bond donors (Lipinski definition) is 0. The number of anilines is 12. The van der Waals surface area contributed by atoms with Gasteiger partial charge in [-0.05, 0) is 372 Å². The van der Waals surface area contributed by atoms with Crippen molar-refractivity contribution >= 4 is 128 Å². The van der Waals surface area contributed by atoms with Gasteiger partial charge in [0.2, 0.25) is 0 Å². The van der Waals surface area contributed by atoms with Gasteiger partial charge in [-0.1, -0.05) is 236 Å². The third kappa shape index (κ3) is 16.2. The molecule has 0 radical (unpaired) electrons. The summed E-state index contributed by atoms with van der Waals surface area (Å²) in [5.41, 5.74) is 42.2. The molecule has 6 aliphatic heterocycles. The summed E-state index contributed by atoms with van der Waals surface area (Å²) < 4.78 is 41.3. The van der Waals surface area contributed by atoms with E-state index in [2.05, 4.69) is 451 Å². The molecule has 0 amide bonds. The van der Waals surface area contributed by atoms with Gasteiger partial charge >= 0.3 is 17.1 Å². The van der Waals surface area contributed by atoms with Crippen molar-refractivity contribution in [2.45, 2.75) is 122 Å². The summed E-state index contributed by atoms with van der Waals surface area (Å²) in [5.74, 6) is 0. The zero-order valence-electron chi connectivity index (χ0n) is 76.8. The molecule has 6 heterocycles. The van der Waals surface area contributed by atoms with Gasteiger partial charge in [0.15, 0.2) is 0 Å². The third-order valence-electron chi connectivity index (χ3n) is 27.7. The van der Waals surface area contributed by atoms with Gasteiger partial charge in [-0.2, -0.15) is 0 Å². The van der Waals surface area contributed by atoms with Crippen LogP contribution in [-0.2, 0) is 27.2 Å². The Kier molecular flexibility index (Phi) is 26.8. The van der Waals surface area contributed by atoms with E-state index in [-0.39, 0.29) is 54.1 Å². The maximum atomic E-state index is 6.95. The molecule has 0 N–H and O–H groups in total. The van der Waals surface area contributed by atoms with E-state index in [4.69, 9.17) is 27.2 Å². The maximum Gasteiger partial charge on any atom is 0.407 e. The van der Waals surface area contributed by atoms with E-state index < -0.39 is 17.1 Å². The molecule has 1 saturated heterocycles. The number of ether oxygens (including phenoxy) is 2. The molecule has 4 bridgehead atoms. The zero-order chi connectivity index (χ0) is 90.2. The Hall–Kier alpha value is -13.9. The molecule has 1 fully saturated rings. The molecule has 6 aliphatic rings. The predicted octanol–water partition coefficient (Wildman–Crippen LogP) is 30.0. The fraction of sp³-hybridized carbons (Fsp3) is 0.177. The summed E-state index contributed by atoms with van der Waals surface area (Å²) in [6.07, 6.45) is 6.26. The highest BCUT2D eigenvalue weighted by atomic mass is 28.4. The van der Waals surface area contributed by atoms with Crippen LogP contribution in [0.4, 0.5) is 68.2 Å². The van der Waals surface area contributed by atoms with Gasteiger partial charge in [0.05, 0.1) is 12.2 Å². The van der Waals surface area contributed by atoms with Crippen LogP contribution in [0.3, 0.4) is 0 Å².